The van der Waals surface area contributed by atoms with Gasteiger partial charge in [0.15, 0.2) is 0 Å². The van der Waals surface area contributed by atoms with E-state index in [0.717, 1.165) is 12.8 Å². The van der Waals surface area contributed by atoms with Crippen LogP contribution >= 0.6 is 0 Å². The van der Waals surface area contributed by atoms with Crippen molar-refractivity contribution in [2.75, 3.05) is 26.4 Å². The van der Waals surface area contributed by atoms with Crippen LogP contribution in [0.5, 0.6) is 0 Å². The molecule has 6 heteroatoms. The lowest BCUT2D eigenvalue weighted by Gasteiger charge is -1.98. The molecule has 0 saturated heterocycles. The van der Waals surface area contributed by atoms with Crippen LogP contribution in [0.2, 0.25) is 0 Å². The van der Waals surface area contributed by atoms with Crippen molar-refractivity contribution < 1.29 is 30.0 Å². The Bertz CT molecular complexity index is 135. The van der Waals surface area contributed by atoms with Crippen LogP contribution in [0.4, 0.5) is 0 Å². The molecule has 0 bridgehead atoms. The van der Waals surface area contributed by atoms with Gasteiger partial charge >= 0.3 is 5.97 Å². The Morgan fingerprint density at radius 2 is 1.80 bits per heavy atom. The number of carbonyl (C=O) groups excluding carboxylic acids is 1. The van der Waals surface area contributed by atoms with Crippen molar-refractivity contribution >= 4 is 5.97 Å². The molecule has 0 aromatic carbocycles. The van der Waals surface area contributed by atoms with Crippen molar-refractivity contribution in [1.82, 2.24) is 0 Å². The van der Waals surface area contributed by atoms with Gasteiger partial charge in [0, 0.05) is 0 Å². The molecule has 0 radical (unpaired) electrons. The van der Waals surface area contributed by atoms with Gasteiger partial charge in [-0.05, 0) is 6.42 Å². The van der Waals surface area contributed by atoms with E-state index in [1.807, 2.05) is 6.92 Å². The second-order valence-corrected chi connectivity index (χ2v) is 2.75. The van der Waals surface area contributed by atoms with Crippen molar-refractivity contribution in [3.63, 3.8) is 0 Å². The SMILES string of the molecule is CCCCOC(=O)CO.OCC(O)CO. The van der Waals surface area contributed by atoms with Gasteiger partial charge in [-0.3, -0.25) is 0 Å². The molecule has 6 nitrogen and oxygen atoms in total. The zero-order valence-electron chi connectivity index (χ0n) is 8.93. The fourth-order valence-corrected chi connectivity index (χ4v) is 0.434. The zero-order chi connectivity index (χ0) is 12.1. The number of hydrogen-bond acceptors (Lipinski definition) is 6. The summed E-state index contributed by atoms with van der Waals surface area (Å²) in [7, 11) is 0. The maximum absolute atomic E-state index is 10.2. The Morgan fingerprint density at radius 3 is 2.07 bits per heavy atom. The van der Waals surface area contributed by atoms with Gasteiger partial charge in [-0.15, -0.1) is 0 Å². The van der Waals surface area contributed by atoms with Crippen LogP contribution in [0.3, 0.4) is 0 Å². The second-order valence-electron chi connectivity index (χ2n) is 2.75. The van der Waals surface area contributed by atoms with Crippen LogP contribution < -0.4 is 0 Å². The monoisotopic (exact) mass is 224 g/mol. The van der Waals surface area contributed by atoms with Crippen LogP contribution in [0.25, 0.3) is 0 Å². The van der Waals surface area contributed by atoms with Gasteiger partial charge in [0.1, 0.15) is 12.7 Å². The molecular formula is C9H20O6. The number of unbranched alkanes of at least 4 members (excludes halogenated alkanes) is 1. The van der Waals surface area contributed by atoms with E-state index in [4.69, 9.17) is 20.4 Å². The van der Waals surface area contributed by atoms with Crippen LogP contribution in [-0.2, 0) is 9.53 Å². The standard InChI is InChI=1S/C6H12O3.C3H8O3/c1-2-3-4-9-6(8)5-7;4-1-3(6)2-5/h7H,2-5H2,1H3;3-6H,1-2H2. The molecule has 4 N–H and O–H groups in total. The average molecular weight is 224 g/mol. The van der Waals surface area contributed by atoms with Crippen LogP contribution in [0.15, 0.2) is 0 Å². The lowest BCUT2D eigenvalue weighted by atomic mass is 10.4. The topological polar surface area (TPSA) is 107 Å². The number of aliphatic hydroxyl groups is 4. The molecule has 0 aliphatic rings. The summed E-state index contributed by atoms with van der Waals surface area (Å²) in [6.07, 6.45) is 0.912. The molecule has 15 heavy (non-hydrogen) atoms. The van der Waals surface area contributed by atoms with Crippen LogP contribution in [0.1, 0.15) is 19.8 Å². The van der Waals surface area contributed by atoms with Gasteiger partial charge in [0.05, 0.1) is 19.8 Å². The Labute approximate surface area is 89.1 Å². The minimum atomic E-state index is -0.954. The average Bonchev–Trinajstić information content (AvgIpc) is 2.28. The van der Waals surface area contributed by atoms with Crippen molar-refractivity contribution in [2.45, 2.75) is 25.9 Å². The second kappa shape index (κ2) is 13.3. The maximum atomic E-state index is 10.2. The minimum Gasteiger partial charge on any atom is -0.464 e. The smallest absolute Gasteiger partial charge is 0.331 e. The predicted molar refractivity (Wildman–Crippen MR) is 53.1 cm³/mol. The first kappa shape index (κ1) is 16.7. The van der Waals surface area contributed by atoms with Gasteiger partial charge in [-0.25, -0.2) is 4.79 Å². The number of aliphatic hydroxyl groups excluding tert-OH is 4. The van der Waals surface area contributed by atoms with Crippen LogP contribution in [-0.4, -0.2) is 58.9 Å². The molecule has 92 valence electrons. The zero-order valence-corrected chi connectivity index (χ0v) is 8.93. The molecule has 0 unspecified atom stereocenters. The van der Waals surface area contributed by atoms with Crippen LogP contribution in [0, 0.1) is 0 Å². The Balaban J connectivity index is 0. The Morgan fingerprint density at radius 1 is 1.27 bits per heavy atom. The fraction of sp³-hybridized carbons (Fsp3) is 0.889. The number of hydrogen-bond donors (Lipinski definition) is 4. The quantitative estimate of drug-likeness (QED) is 0.328. The molecule has 0 atom stereocenters. The first-order valence-corrected chi connectivity index (χ1v) is 4.78. The van der Waals surface area contributed by atoms with Crippen molar-refractivity contribution in [2.24, 2.45) is 0 Å². The van der Waals surface area contributed by atoms with Crippen molar-refractivity contribution in [3.05, 3.63) is 0 Å². The molecule has 0 fully saturated rings. The molecule has 0 spiro atoms. The van der Waals surface area contributed by atoms with Gasteiger partial charge in [-0.1, -0.05) is 13.3 Å². The van der Waals surface area contributed by atoms with Gasteiger partial charge in [0.25, 0.3) is 0 Å². The summed E-state index contributed by atoms with van der Waals surface area (Å²) in [5, 5.41) is 32.2. The summed E-state index contributed by atoms with van der Waals surface area (Å²) in [5.74, 6) is -0.538. The number of carbonyl (C=O) groups is 1. The van der Waals surface area contributed by atoms with Gasteiger partial charge < -0.3 is 25.2 Å². The fourth-order valence-electron chi connectivity index (χ4n) is 0.434. The van der Waals surface area contributed by atoms with E-state index < -0.39 is 18.7 Å². The number of esters is 1. The molecule has 0 aromatic rings. The molecule has 0 heterocycles. The maximum Gasteiger partial charge on any atom is 0.331 e. The van der Waals surface area contributed by atoms with E-state index in [-0.39, 0.29) is 13.2 Å². The van der Waals surface area contributed by atoms with Crippen molar-refractivity contribution in [3.8, 4) is 0 Å². The van der Waals surface area contributed by atoms with E-state index in [2.05, 4.69) is 4.74 Å². The normalized spacial score (nSPS) is 9.47. The molecule has 0 aliphatic carbocycles. The summed E-state index contributed by atoms with van der Waals surface area (Å²) in [5.41, 5.74) is 0. The highest BCUT2D eigenvalue weighted by atomic mass is 16.5. The third-order valence-electron chi connectivity index (χ3n) is 1.31. The molecule has 0 amide bonds. The predicted octanol–water partition coefficient (Wildman–Crippen LogP) is -1.35. The first-order valence-electron chi connectivity index (χ1n) is 4.78. The molecule has 0 aromatic heterocycles. The molecule has 0 aliphatic heterocycles. The lowest BCUT2D eigenvalue weighted by molar-refractivity contribution is -0.146. The van der Waals surface area contributed by atoms with E-state index in [1.165, 1.54) is 0 Å². The minimum absolute atomic E-state index is 0.365. The highest BCUT2D eigenvalue weighted by molar-refractivity contribution is 5.70. The third kappa shape index (κ3) is 16.0. The van der Waals surface area contributed by atoms with E-state index in [9.17, 15) is 4.79 Å². The summed E-state index contributed by atoms with van der Waals surface area (Å²) in [6, 6.07) is 0. The molecule has 0 saturated carbocycles. The summed E-state index contributed by atoms with van der Waals surface area (Å²) >= 11 is 0. The van der Waals surface area contributed by atoms with E-state index >= 15 is 0 Å². The Kier molecular flexibility index (Phi) is 14.8. The summed E-state index contributed by atoms with van der Waals surface area (Å²) < 4.78 is 4.54. The highest BCUT2D eigenvalue weighted by Crippen LogP contribution is 1.87. The number of ether oxygens (including phenoxy) is 1. The first-order chi connectivity index (χ1) is 7.12. The molecular weight excluding hydrogens is 204 g/mol. The summed E-state index contributed by atoms with van der Waals surface area (Å²) in [4.78, 5) is 10.2. The van der Waals surface area contributed by atoms with Gasteiger partial charge in [-0.2, -0.15) is 0 Å². The molecule has 0 rings (SSSR count). The number of rotatable bonds is 6. The summed E-state index contributed by atoms with van der Waals surface area (Å²) in [6.45, 7) is 1.19. The van der Waals surface area contributed by atoms with Gasteiger partial charge in [0.2, 0.25) is 0 Å². The largest absolute Gasteiger partial charge is 0.464 e. The lowest BCUT2D eigenvalue weighted by Crippen LogP contribution is -2.15. The van der Waals surface area contributed by atoms with E-state index in [0.29, 0.717) is 6.61 Å². The highest BCUT2D eigenvalue weighted by Gasteiger charge is 1.96. The van der Waals surface area contributed by atoms with E-state index in [1.54, 1.807) is 0 Å². The third-order valence-corrected chi connectivity index (χ3v) is 1.31. The Hall–Kier alpha value is -0.690. The van der Waals surface area contributed by atoms with Crippen molar-refractivity contribution in [1.29, 1.82) is 0 Å².